The first-order valence-electron chi connectivity index (χ1n) is 10.7. The monoisotopic (exact) mass is 452 g/mol. The molecule has 32 heavy (non-hydrogen) atoms. The topological polar surface area (TPSA) is 17.8 Å². The summed E-state index contributed by atoms with van der Waals surface area (Å²) in [5.74, 6) is 0.976. The predicted octanol–water partition coefficient (Wildman–Crippen LogP) is 8.04. The van der Waals surface area contributed by atoms with Gasteiger partial charge in [0.2, 0.25) is 0 Å². The zero-order chi connectivity index (χ0) is 21.9. The number of thiophene rings is 1. The number of aromatic nitrogens is 2. The van der Waals surface area contributed by atoms with Crippen molar-refractivity contribution in [1.29, 1.82) is 0 Å². The molecule has 6 rings (SSSR count). The summed E-state index contributed by atoms with van der Waals surface area (Å²) in [5.41, 5.74) is 6.04. The van der Waals surface area contributed by atoms with Crippen LogP contribution < -0.4 is 0 Å². The van der Waals surface area contributed by atoms with Crippen molar-refractivity contribution < 1.29 is 0 Å². The third kappa shape index (κ3) is 2.98. The molecule has 0 atom stereocenters. The maximum absolute atomic E-state index is 5.09. The van der Waals surface area contributed by atoms with Crippen molar-refractivity contribution in [2.75, 3.05) is 12.5 Å². The molecule has 0 N–H and O–H groups in total. The number of rotatable bonds is 3. The molecule has 0 fully saturated rings. The molecule has 5 aromatic rings. The van der Waals surface area contributed by atoms with Gasteiger partial charge in [0.25, 0.3) is 0 Å². The van der Waals surface area contributed by atoms with Crippen LogP contribution in [-0.2, 0) is 0 Å². The lowest BCUT2D eigenvalue weighted by Gasteiger charge is -2.28. The van der Waals surface area contributed by atoms with Crippen LogP contribution in [0, 0.1) is 6.92 Å². The van der Waals surface area contributed by atoms with Crippen LogP contribution in [0.5, 0.6) is 0 Å². The van der Waals surface area contributed by atoms with Gasteiger partial charge in [-0.15, -0.1) is 11.3 Å². The second-order valence-electron chi connectivity index (χ2n) is 8.60. The minimum Gasteiger partial charge on any atom is -0.299 e. The summed E-state index contributed by atoms with van der Waals surface area (Å²) in [4.78, 5) is 10.5. The van der Waals surface area contributed by atoms with Gasteiger partial charge >= 0.3 is 0 Å². The SMILES string of the molecule is Cc1ccc(-c2cn(-c3ccc4c(c3)-c3ccccc3S4(C)C)c(-c3ccccc3)n2)s1. The lowest BCUT2D eigenvalue weighted by molar-refractivity contribution is 1.06. The Morgan fingerprint density at radius 2 is 1.53 bits per heavy atom. The molecule has 0 aliphatic carbocycles. The molecule has 3 heterocycles. The Labute approximate surface area is 194 Å². The maximum Gasteiger partial charge on any atom is 0.145 e. The van der Waals surface area contributed by atoms with Gasteiger partial charge < -0.3 is 0 Å². The van der Waals surface area contributed by atoms with Crippen molar-refractivity contribution in [3.63, 3.8) is 0 Å². The van der Waals surface area contributed by atoms with E-state index >= 15 is 0 Å². The molecular formula is C28H24N2S2. The van der Waals surface area contributed by atoms with Crippen LogP contribution in [0.1, 0.15) is 4.88 Å². The molecule has 0 radical (unpaired) electrons. The molecule has 0 amide bonds. The summed E-state index contributed by atoms with van der Waals surface area (Å²) >= 11 is 1.79. The number of fused-ring (bicyclic) bond motifs is 3. The Morgan fingerprint density at radius 3 is 2.31 bits per heavy atom. The Bertz CT molecular complexity index is 1460. The highest BCUT2D eigenvalue weighted by molar-refractivity contribution is 8.33. The quantitative estimate of drug-likeness (QED) is 0.271. The lowest BCUT2D eigenvalue weighted by atomic mass is 10.1. The molecule has 2 aromatic heterocycles. The van der Waals surface area contributed by atoms with E-state index in [4.69, 9.17) is 4.98 Å². The summed E-state index contributed by atoms with van der Waals surface area (Å²) in [7, 11) is -0.984. The summed E-state index contributed by atoms with van der Waals surface area (Å²) in [5, 5.41) is 0. The molecule has 4 heteroatoms. The van der Waals surface area contributed by atoms with Crippen molar-refractivity contribution in [2.45, 2.75) is 16.7 Å². The zero-order valence-corrected chi connectivity index (χ0v) is 20.0. The smallest absolute Gasteiger partial charge is 0.145 e. The van der Waals surface area contributed by atoms with E-state index < -0.39 is 10.0 Å². The number of benzene rings is 3. The van der Waals surface area contributed by atoms with Gasteiger partial charge in [-0.1, -0.05) is 48.5 Å². The predicted molar refractivity (Wildman–Crippen MR) is 138 cm³/mol. The van der Waals surface area contributed by atoms with E-state index in [1.807, 2.05) is 0 Å². The standard InChI is InChI=1S/C28H24N2S2/c1-19-13-15-25(31-19)24-18-30(28(29-24)20-9-5-4-6-10-20)21-14-16-27-23(17-21)22-11-7-8-12-26(22)32(27,2)3/h4-18H,1-3H3. The molecule has 3 aromatic carbocycles. The summed E-state index contributed by atoms with van der Waals surface area (Å²) in [6.07, 6.45) is 7.00. The molecule has 0 unspecified atom stereocenters. The van der Waals surface area contributed by atoms with Crippen molar-refractivity contribution in [3.8, 4) is 38.8 Å². The van der Waals surface area contributed by atoms with Crippen molar-refractivity contribution in [3.05, 3.63) is 96.0 Å². The summed E-state index contributed by atoms with van der Waals surface area (Å²) < 4.78 is 2.25. The van der Waals surface area contributed by atoms with E-state index in [-0.39, 0.29) is 0 Å². The normalized spacial score (nSPS) is 14.7. The van der Waals surface area contributed by atoms with Gasteiger partial charge in [0, 0.05) is 32.1 Å². The minimum atomic E-state index is -0.984. The van der Waals surface area contributed by atoms with E-state index in [2.05, 4.69) is 115 Å². The maximum atomic E-state index is 5.09. The van der Waals surface area contributed by atoms with Gasteiger partial charge in [0.1, 0.15) is 5.82 Å². The van der Waals surface area contributed by atoms with Crippen LogP contribution in [0.3, 0.4) is 0 Å². The number of hydrogen-bond acceptors (Lipinski definition) is 2. The van der Waals surface area contributed by atoms with Crippen LogP contribution in [-0.4, -0.2) is 22.1 Å². The second kappa shape index (κ2) is 7.22. The fourth-order valence-electron chi connectivity index (χ4n) is 4.63. The number of hydrogen-bond donors (Lipinski definition) is 0. The molecule has 0 spiro atoms. The Morgan fingerprint density at radius 1 is 0.781 bits per heavy atom. The van der Waals surface area contributed by atoms with Gasteiger partial charge in [-0.25, -0.2) is 4.98 Å². The van der Waals surface area contributed by atoms with Crippen molar-refractivity contribution in [1.82, 2.24) is 9.55 Å². The third-order valence-electron chi connectivity index (χ3n) is 6.25. The van der Waals surface area contributed by atoms with E-state index in [1.54, 1.807) is 11.3 Å². The number of nitrogens with zero attached hydrogens (tertiary/aromatic N) is 2. The van der Waals surface area contributed by atoms with Gasteiger partial charge in [0.15, 0.2) is 0 Å². The highest BCUT2D eigenvalue weighted by Crippen LogP contribution is 2.67. The molecule has 1 aliphatic rings. The summed E-state index contributed by atoms with van der Waals surface area (Å²) in [6, 6.07) is 30.7. The fraction of sp³-hybridized carbons (Fsp3) is 0.107. The average molecular weight is 453 g/mol. The molecule has 0 saturated carbocycles. The Hall–Kier alpha value is -3.08. The highest BCUT2D eigenvalue weighted by atomic mass is 32.3. The van der Waals surface area contributed by atoms with Crippen LogP contribution in [0.15, 0.2) is 101 Å². The first-order chi connectivity index (χ1) is 15.5. The van der Waals surface area contributed by atoms with Crippen LogP contribution in [0.4, 0.5) is 0 Å². The number of imidazole rings is 1. The average Bonchev–Trinajstić information content (AvgIpc) is 3.50. The molecular weight excluding hydrogens is 428 g/mol. The molecule has 0 bridgehead atoms. The van der Waals surface area contributed by atoms with E-state index in [1.165, 1.54) is 30.7 Å². The summed E-state index contributed by atoms with van der Waals surface area (Å²) in [6.45, 7) is 2.14. The first-order valence-corrected chi connectivity index (χ1v) is 14.0. The minimum absolute atomic E-state index is 0.976. The zero-order valence-electron chi connectivity index (χ0n) is 18.4. The van der Waals surface area contributed by atoms with Gasteiger partial charge in [-0.05, 0) is 67.0 Å². The first kappa shape index (κ1) is 19.6. The second-order valence-corrected chi connectivity index (χ2v) is 13.4. The van der Waals surface area contributed by atoms with Gasteiger partial charge in [-0.2, -0.15) is 10.0 Å². The van der Waals surface area contributed by atoms with Crippen LogP contribution in [0.25, 0.3) is 38.8 Å². The van der Waals surface area contributed by atoms with Crippen LogP contribution in [0.2, 0.25) is 0 Å². The third-order valence-corrected chi connectivity index (χ3v) is 10.2. The molecule has 1 aliphatic heterocycles. The van der Waals surface area contributed by atoms with E-state index in [0.717, 1.165) is 22.8 Å². The van der Waals surface area contributed by atoms with Gasteiger partial charge in [-0.3, -0.25) is 4.57 Å². The van der Waals surface area contributed by atoms with Gasteiger partial charge in [0.05, 0.1) is 10.6 Å². The highest BCUT2D eigenvalue weighted by Gasteiger charge is 2.31. The van der Waals surface area contributed by atoms with Crippen molar-refractivity contribution in [2.24, 2.45) is 0 Å². The Balaban J connectivity index is 1.56. The fourth-order valence-corrected chi connectivity index (χ4v) is 7.97. The molecule has 0 saturated heterocycles. The van der Waals surface area contributed by atoms with Crippen molar-refractivity contribution >= 4 is 21.4 Å². The van der Waals surface area contributed by atoms with E-state index in [0.29, 0.717) is 0 Å². The van der Waals surface area contributed by atoms with Crippen LogP contribution >= 0.6 is 21.4 Å². The Kier molecular flexibility index (Phi) is 4.42. The largest absolute Gasteiger partial charge is 0.299 e. The molecule has 158 valence electrons. The van der Waals surface area contributed by atoms with E-state index in [9.17, 15) is 0 Å². The number of aryl methyl sites for hydroxylation is 1. The molecule has 2 nitrogen and oxygen atoms in total. The lowest BCUT2D eigenvalue weighted by Crippen LogP contribution is -1.97.